The largest absolute Gasteiger partial charge is 0.356 e. The zero-order valence-corrected chi connectivity index (χ0v) is 17.8. The maximum Gasteiger partial charge on any atom is 0.191 e. The van der Waals surface area contributed by atoms with Crippen LogP contribution in [0.2, 0.25) is 0 Å². The number of para-hydroxylation sites is 2. The summed E-state index contributed by atoms with van der Waals surface area (Å²) in [4.78, 5) is 15.0. The van der Waals surface area contributed by atoms with Gasteiger partial charge in [-0.2, -0.15) is 0 Å². The van der Waals surface area contributed by atoms with Crippen LogP contribution in [0.3, 0.4) is 0 Å². The van der Waals surface area contributed by atoms with Gasteiger partial charge in [-0.1, -0.05) is 42.5 Å². The lowest BCUT2D eigenvalue weighted by molar-refractivity contribution is 0.245. The van der Waals surface area contributed by atoms with Crippen LogP contribution in [0.25, 0.3) is 11.0 Å². The molecule has 2 aromatic carbocycles. The SMILES string of the molecule is CN=C(NCCCc1nc2ccccc2[nH]1)NCC(c1ccccc1)N1CCCC1. The van der Waals surface area contributed by atoms with Gasteiger partial charge in [0.1, 0.15) is 5.82 Å². The first kappa shape index (κ1) is 20.4. The van der Waals surface area contributed by atoms with Crippen molar-refractivity contribution < 1.29 is 0 Å². The Morgan fingerprint density at radius 3 is 2.60 bits per heavy atom. The second-order valence-electron chi connectivity index (χ2n) is 7.85. The molecule has 0 saturated carbocycles. The Hall–Kier alpha value is -2.86. The number of aromatic amines is 1. The normalized spacial score (nSPS) is 16.1. The molecule has 4 rings (SSSR count). The highest BCUT2D eigenvalue weighted by atomic mass is 15.2. The number of rotatable bonds is 8. The number of imidazole rings is 1. The minimum absolute atomic E-state index is 0.378. The van der Waals surface area contributed by atoms with Crippen molar-refractivity contribution in [3.8, 4) is 0 Å². The number of aromatic nitrogens is 2. The van der Waals surface area contributed by atoms with Crippen molar-refractivity contribution >= 4 is 17.0 Å². The summed E-state index contributed by atoms with van der Waals surface area (Å²) in [5.41, 5.74) is 3.51. The van der Waals surface area contributed by atoms with Gasteiger partial charge in [0.25, 0.3) is 0 Å². The maximum atomic E-state index is 4.65. The van der Waals surface area contributed by atoms with E-state index < -0.39 is 0 Å². The molecule has 6 heteroatoms. The standard InChI is InChI=1S/C24H32N6/c1-25-24(26-15-9-14-23-28-20-12-5-6-13-21(20)29-23)27-18-22(30-16-7-8-17-30)19-10-3-2-4-11-19/h2-6,10-13,22H,7-9,14-18H2,1H3,(H,28,29)(H2,25,26,27). The summed E-state index contributed by atoms with van der Waals surface area (Å²) in [5, 5.41) is 6.99. The fourth-order valence-electron chi connectivity index (χ4n) is 4.19. The quantitative estimate of drug-likeness (QED) is 0.305. The minimum atomic E-state index is 0.378. The highest BCUT2D eigenvalue weighted by Crippen LogP contribution is 2.24. The van der Waals surface area contributed by atoms with E-state index in [0.29, 0.717) is 6.04 Å². The number of nitrogens with zero attached hydrogens (tertiary/aromatic N) is 3. The molecule has 0 bridgehead atoms. The summed E-state index contributed by atoms with van der Waals surface area (Å²) in [6.45, 7) is 4.05. The number of likely N-dealkylation sites (tertiary alicyclic amines) is 1. The van der Waals surface area contributed by atoms with Crippen LogP contribution in [0, 0.1) is 0 Å². The smallest absolute Gasteiger partial charge is 0.191 e. The monoisotopic (exact) mass is 404 g/mol. The second-order valence-corrected chi connectivity index (χ2v) is 7.85. The van der Waals surface area contributed by atoms with E-state index in [1.54, 1.807) is 0 Å². The van der Waals surface area contributed by atoms with Gasteiger partial charge in [-0.25, -0.2) is 4.98 Å². The molecule has 0 aliphatic carbocycles. The molecule has 1 aliphatic heterocycles. The van der Waals surface area contributed by atoms with Gasteiger partial charge in [0, 0.05) is 26.6 Å². The van der Waals surface area contributed by atoms with Gasteiger partial charge in [0.15, 0.2) is 5.96 Å². The van der Waals surface area contributed by atoms with E-state index >= 15 is 0 Å². The predicted molar refractivity (Wildman–Crippen MR) is 124 cm³/mol. The molecule has 1 aliphatic rings. The van der Waals surface area contributed by atoms with E-state index in [1.807, 2.05) is 25.2 Å². The summed E-state index contributed by atoms with van der Waals surface area (Å²) in [7, 11) is 1.84. The second kappa shape index (κ2) is 10.3. The van der Waals surface area contributed by atoms with Crippen LogP contribution in [-0.2, 0) is 6.42 Å². The van der Waals surface area contributed by atoms with Crippen molar-refractivity contribution in [3.05, 3.63) is 66.0 Å². The third kappa shape index (κ3) is 5.19. The zero-order valence-electron chi connectivity index (χ0n) is 17.8. The summed E-state index contributed by atoms with van der Waals surface area (Å²) >= 11 is 0. The molecule has 1 atom stereocenters. The molecule has 1 aromatic heterocycles. The van der Waals surface area contributed by atoms with E-state index in [9.17, 15) is 0 Å². The molecule has 158 valence electrons. The molecule has 0 spiro atoms. The van der Waals surface area contributed by atoms with Crippen molar-refractivity contribution in [3.63, 3.8) is 0 Å². The Morgan fingerprint density at radius 2 is 1.83 bits per heavy atom. The summed E-state index contributed by atoms with van der Waals surface area (Å²) < 4.78 is 0. The number of benzene rings is 2. The first-order chi connectivity index (χ1) is 14.8. The van der Waals surface area contributed by atoms with Crippen molar-refractivity contribution in [2.45, 2.75) is 31.7 Å². The molecule has 1 unspecified atom stereocenters. The number of fused-ring (bicyclic) bond motifs is 1. The van der Waals surface area contributed by atoms with Crippen LogP contribution in [0.15, 0.2) is 59.6 Å². The molecule has 0 amide bonds. The van der Waals surface area contributed by atoms with Crippen molar-refractivity contribution in [1.82, 2.24) is 25.5 Å². The van der Waals surface area contributed by atoms with Gasteiger partial charge >= 0.3 is 0 Å². The van der Waals surface area contributed by atoms with Crippen molar-refractivity contribution in [2.24, 2.45) is 4.99 Å². The fourth-order valence-corrected chi connectivity index (χ4v) is 4.19. The molecular formula is C24H32N6. The summed E-state index contributed by atoms with van der Waals surface area (Å²) in [6, 6.07) is 19.3. The molecule has 2 heterocycles. The first-order valence-corrected chi connectivity index (χ1v) is 11.0. The van der Waals surface area contributed by atoms with Crippen molar-refractivity contribution in [2.75, 3.05) is 33.2 Å². The van der Waals surface area contributed by atoms with Crippen LogP contribution in [-0.4, -0.2) is 54.1 Å². The number of nitrogens with one attached hydrogen (secondary N) is 3. The molecule has 3 aromatic rings. The third-order valence-electron chi connectivity index (χ3n) is 5.77. The molecule has 6 nitrogen and oxygen atoms in total. The van der Waals surface area contributed by atoms with Gasteiger partial charge < -0.3 is 15.6 Å². The highest BCUT2D eigenvalue weighted by molar-refractivity contribution is 5.79. The molecular weight excluding hydrogens is 372 g/mol. The summed E-state index contributed by atoms with van der Waals surface area (Å²) in [6.07, 6.45) is 4.49. The van der Waals surface area contributed by atoms with E-state index in [1.165, 1.54) is 31.5 Å². The van der Waals surface area contributed by atoms with Gasteiger partial charge in [0.05, 0.1) is 17.1 Å². The molecule has 3 N–H and O–H groups in total. The van der Waals surface area contributed by atoms with E-state index in [4.69, 9.17) is 0 Å². The average Bonchev–Trinajstić information content (AvgIpc) is 3.46. The lowest BCUT2D eigenvalue weighted by atomic mass is 10.1. The summed E-state index contributed by atoms with van der Waals surface area (Å²) in [5.74, 6) is 1.90. The fraction of sp³-hybridized carbons (Fsp3) is 0.417. The lowest BCUT2D eigenvalue weighted by Crippen LogP contribution is -2.43. The number of hydrogen-bond donors (Lipinski definition) is 3. The third-order valence-corrected chi connectivity index (χ3v) is 5.77. The molecule has 0 radical (unpaired) electrons. The van der Waals surface area contributed by atoms with Gasteiger partial charge in [-0.05, 0) is 50.0 Å². The number of aryl methyl sites for hydroxylation is 1. The van der Waals surface area contributed by atoms with Crippen LogP contribution >= 0.6 is 0 Å². The van der Waals surface area contributed by atoms with Crippen LogP contribution in [0.5, 0.6) is 0 Å². The van der Waals surface area contributed by atoms with Crippen LogP contribution in [0.1, 0.15) is 36.7 Å². The van der Waals surface area contributed by atoms with Crippen molar-refractivity contribution in [1.29, 1.82) is 0 Å². The molecule has 30 heavy (non-hydrogen) atoms. The Labute approximate surface area is 178 Å². The Bertz CT molecular complexity index is 909. The number of aliphatic imine (C=N–C) groups is 1. The van der Waals surface area contributed by atoms with Gasteiger partial charge in [-0.3, -0.25) is 9.89 Å². The Balaban J connectivity index is 1.26. The Morgan fingerprint density at radius 1 is 1.07 bits per heavy atom. The molecule has 1 fully saturated rings. The minimum Gasteiger partial charge on any atom is -0.356 e. The van der Waals surface area contributed by atoms with Crippen LogP contribution < -0.4 is 10.6 Å². The topological polar surface area (TPSA) is 68.3 Å². The first-order valence-electron chi connectivity index (χ1n) is 11.0. The number of guanidine groups is 1. The lowest BCUT2D eigenvalue weighted by Gasteiger charge is -2.29. The van der Waals surface area contributed by atoms with E-state index in [0.717, 1.165) is 48.7 Å². The van der Waals surface area contributed by atoms with Crippen LogP contribution in [0.4, 0.5) is 0 Å². The number of hydrogen-bond acceptors (Lipinski definition) is 3. The zero-order chi connectivity index (χ0) is 20.6. The van der Waals surface area contributed by atoms with E-state index in [2.05, 4.69) is 66.9 Å². The van der Waals surface area contributed by atoms with Gasteiger partial charge in [0.2, 0.25) is 0 Å². The predicted octanol–water partition coefficient (Wildman–Crippen LogP) is 3.50. The van der Waals surface area contributed by atoms with Gasteiger partial charge in [-0.15, -0.1) is 0 Å². The van der Waals surface area contributed by atoms with E-state index in [-0.39, 0.29) is 0 Å². The number of H-pyrrole nitrogens is 1. The Kier molecular flexibility index (Phi) is 6.98. The average molecular weight is 405 g/mol. The molecule has 1 saturated heterocycles. The highest BCUT2D eigenvalue weighted by Gasteiger charge is 2.23. The maximum absolute atomic E-state index is 4.65.